The molecule has 7 nitrogen and oxygen atoms in total. The van der Waals surface area contributed by atoms with E-state index in [2.05, 4.69) is 9.93 Å². The van der Waals surface area contributed by atoms with Crippen LogP contribution in [0.3, 0.4) is 0 Å². The topological polar surface area (TPSA) is 88.1 Å². The zero-order chi connectivity index (χ0) is 24.1. The third-order valence-corrected chi connectivity index (χ3v) is 6.71. The molecular formula is C25H33N3O4S. The van der Waals surface area contributed by atoms with Crippen molar-refractivity contribution < 1.29 is 17.9 Å². The van der Waals surface area contributed by atoms with Crippen LogP contribution in [0.5, 0.6) is 0 Å². The number of ether oxygens (including phenoxy) is 1. The number of nitrogens with zero attached hydrogens (tertiary/aromatic N) is 2. The van der Waals surface area contributed by atoms with Crippen LogP contribution in [-0.2, 0) is 21.2 Å². The van der Waals surface area contributed by atoms with E-state index in [-0.39, 0.29) is 16.9 Å². The molecule has 1 fully saturated rings. The van der Waals surface area contributed by atoms with Crippen molar-refractivity contribution in [3.63, 3.8) is 0 Å². The molecule has 2 aromatic rings. The van der Waals surface area contributed by atoms with Gasteiger partial charge < -0.3 is 9.64 Å². The Bertz CT molecular complexity index is 1070. The van der Waals surface area contributed by atoms with Crippen LogP contribution in [0, 0.1) is 12.8 Å². The Kier molecular flexibility index (Phi) is 7.79. The van der Waals surface area contributed by atoms with Crippen molar-refractivity contribution in [2.24, 2.45) is 11.0 Å². The van der Waals surface area contributed by atoms with Gasteiger partial charge in [0.1, 0.15) is 5.60 Å². The van der Waals surface area contributed by atoms with Gasteiger partial charge in [0.25, 0.3) is 10.0 Å². The number of aryl methyl sites for hydroxylation is 1. The first-order valence-electron chi connectivity index (χ1n) is 11.2. The SMILES string of the molecule is Cc1ccc(S(=O)(=O)N/N=C(\Cc2ccccc2)C2CCN(C(=O)OC(C)(C)C)CC2)cc1. The molecule has 1 saturated heterocycles. The highest BCUT2D eigenvalue weighted by molar-refractivity contribution is 7.89. The smallest absolute Gasteiger partial charge is 0.410 e. The molecule has 1 aliphatic heterocycles. The molecule has 178 valence electrons. The second-order valence-corrected chi connectivity index (χ2v) is 11.1. The highest BCUT2D eigenvalue weighted by Gasteiger charge is 2.29. The Hall–Kier alpha value is -2.87. The number of nitrogens with one attached hydrogen (secondary N) is 1. The maximum atomic E-state index is 12.8. The Morgan fingerprint density at radius 1 is 1.06 bits per heavy atom. The van der Waals surface area contributed by atoms with E-state index in [1.54, 1.807) is 29.2 Å². The summed E-state index contributed by atoms with van der Waals surface area (Å²) in [4.78, 5) is 16.7. The molecule has 0 atom stereocenters. The van der Waals surface area contributed by atoms with E-state index in [4.69, 9.17) is 4.74 Å². The number of likely N-dealkylation sites (tertiary alicyclic amines) is 1. The fourth-order valence-corrected chi connectivity index (χ4v) is 4.53. The number of benzene rings is 2. The zero-order valence-corrected chi connectivity index (χ0v) is 20.6. The Morgan fingerprint density at radius 3 is 2.24 bits per heavy atom. The molecule has 0 spiro atoms. The van der Waals surface area contributed by atoms with Gasteiger partial charge in [-0.3, -0.25) is 0 Å². The molecule has 0 unspecified atom stereocenters. The first-order chi connectivity index (χ1) is 15.5. The largest absolute Gasteiger partial charge is 0.444 e. The summed E-state index contributed by atoms with van der Waals surface area (Å²) in [5.41, 5.74) is 2.27. The van der Waals surface area contributed by atoms with Crippen LogP contribution >= 0.6 is 0 Å². The van der Waals surface area contributed by atoms with E-state index in [1.807, 2.05) is 58.0 Å². The summed E-state index contributed by atoms with van der Waals surface area (Å²) in [5, 5.41) is 4.39. The van der Waals surface area contributed by atoms with Crippen molar-refractivity contribution in [1.82, 2.24) is 9.73 Å². The van der Waals surface area contributed by atoms with Gasteiger partial charge in [-0.05, 0) is 58.2 Å². The maximum absolute atomic E-state index is 12.8. The Morgan fingerprint density at radius 2 is 1.67 bits per heavy atom. The fraction of sp³-hybridized carbons (Fsp3) is 0.440. The molecular weight excluding hydrogens is 438 g/mol. The van der Waals surface area contributed by atoms with Crippen LogP contribution in [0.15, 0.2) is 64.6 Å². The molecule has 0 radical (unpaired) electrons. The minimum absolute atomic E-state index is 0.0598. The second-order valence-electron chi connectivity index (χ2n) is 9.41. The molecule has 1 amide bonds. The lowest BCUT2D eigenvalue weighted by atomic mass is 9.88. The summed E-state index contributed by atoms with van der Waals surface area (Å²) >= 11 is 0. The minimum Gasteiger partial charge on any atom is -0.444 e. The minimum atomic E-state index is -3.77. The van der Waals surface area contributed by atoms with Gasteiger partial charge in [0, 0.05) is 31.1 Å². The molecule has 0 bridgehead atoms. The first-order valence-corrected chi connectivity index (χ1v) is 12.7. The molecule has 0 aliphatic carbocycles. The Labute approximate surface area is 196 Å². The van der Waals surface area contributed by atoms with E-state index in [0.29, 0.717) is 32.4 Å². The number of hydrazone groups is 1. The predicted octanol–water partition coefficient (Wildman–Crippen LogP) is 4.52. The molecule has 8 heteroatoms. The molecule has 0 aromatic heterocycles. The molecule has 33 heavy (non-hydrogen) atoms. The average Bonchev–Trinajstić information content (AvgIpc) is 2.76. The number of hydrogen-bond acceptors (Lipinski definition) is 5. The summed E-state index contributed by atoms with van der Waals surface area (Å²) < 4.78 is 31.0. The summed E-state index contributed by atoms with van der Waals surface area (Å²) in [7, 11) is -3.77. The number of rotatable bonds is 6. The van der Waals surface area contributed by atoms with Crippen molar-refractivity contribution >= 4 is 21.8 Å². The van der Waals surface area contributed by atoms with E-state index >= 15 is 0 Å². The molecule has 1 heterocycles. The van der Waals surface area contributed by atoms with E-state index in [9.17, 15) is 13.2 Å². The Balaban J connectivity index is 1.75. The van der Waals surface area contributed by atoms with Gasteiger partial charge in [0.2, 0.25) is 0 Å². The van der Waals surface area contributed by atoms with E-state index in [1.165, 1.54) is 0 Å². The number of piperidine rings is 1. The standard InChI is InChI=1S/C25H33N3O4S/c1-19-10-12-22(13-11-19)33(30,31)27-26-23(18-20-8-6-5-7-9-20)21-14-16-28(17-15-21)24(29)32-25(2,3)4/h5-13,21,27H,14-18H2,1-4H3/b26-23+. The van der Waals surface area contributed by atoms with Crippen LogP contribution < -0.4 is 4.83 Å². The van der Waals surface area contributed by atoms with Crippen molar-refractivity contribution in [3.8, 4) is 0 Å². The lowest BCUT2D eigenvalue weighted by Crippen LogP contribution is -2.43. The quantitative estimate of drug-likeness (QED) is 0.496. The van der Waals surface area contributed by atoms with Gasteiger partial charge in [0.15, 0.2) is 0 Å². The number of sulfonamides is 1. The van der Waals surface area contributed by atoms with Crippen LogP contribution in [-0.4, -0.2) is 43.8 Å². The van der Waals surface area contributed by atoms with Gasteiger partial charge in [-0.25, -0.2) is 9.63 Å². The molecule has 1 aliphatic rings. The lowest BCUT2D eigenvalue weighted by molar-refractivity contribution is 0.0201. The molecule has 3 rings (SSSR count). The third-order valence-electron chi connectivity index (χ3n) is 5.49. The average molecular weight is 472 g/mol. The summed E-state index contributed by atoms with van der Waals surface area (Å²) in [6.07, 6.45) is 1.60. The van der Waals surface area contributed by atoms with E-state index in [0.717, 1.165) is 16.8 Å². The first kappa shape index (κ1) is 24.8. The van der Waals surface area contributed by atoms with Crippen LogP contribution in [0.1, 0.15) is 44.7 Å². The van der Waals surface area contributed by atoms with Crippen molar-refractivity contribution in [1.29, 1.82) is 0 Å². The molecule has 2 aromatic carbocycles. The summed E-state index contributed by atoms with van der Waals surface area (Å²) in [6, 6.07) is 16.5. The predicted molar refractivity (Wildman–Crippen MR) is 130 cm³/mol. The number of amides is 1. The second kappa shape index (κ2) is 10.4. The fourth-order valence-electron chi connectivity index (χ4n) is 3.69. The van der Waals surface area contributed by atoms with Gasteiger partial charge in [-0.1, -0.05) is 48.0 Å². The number of carbonyl (C=O) groups excluding carboxylic acids is 1. The monoisotopic (exact) mass is 471 g/mol. The van der Waals surface area contributed by atoms with Gasteiger partial charge in [-0.15, -0.1) is 0 Å². The maximum Gasteiger partial charge on any atom is 0.410 e. The summed E-state index contributed by atoms with van der Waals surface area (Å²) in [5.74, 6) is 0.0598. The van der Waals surface area contributed by atoms with Crippen molar-refractivity contribution in [2.45, 2.75) is 57.5 Å². The van der Waals surface area contributed by atoms with Crippen LogP contribution in [0.2, 0.25) is 0 Å². The number of carbonyl (C=O) groups is 1. The lowest BCUT2D eigenvalue weighted by Gasteiger charge is -2.34. The highest BCUT2D eigenvalue weighted by Crippen LogP contribution is 2.23. The van der Waals surface area contributed by atoms with Gasteiger partial charge in [-0.2, -0.15) is 13.5 Å². The normalized spacial score (nSPS) is 15.9. The molecule has 1 N–H and O–H groups in total. The van der Waals surface area contributed by atoms with Crippen molar-refractivity contribution in [2.75, 3.05) is 13.1 Å². The third kappa shape index (κ3) is 7.32. The van der Waals surface area contributed by atoms with Crippen LogP contribution in [0.4, 0.5) is 4.79 Å². The van der Waals surface area contributed by atoms with Gasteiger partial charge in [0.05, 0.1) is 4.90 Å². The van der Waals surface area contributed by atoms with E-state index < -0.39 is 15.6 Å². The van der Waals surface area contributed by atoms with Gasteiger partial charge >= 0.3 is 6.09 Å². The highest BCUT2D eigenvalue weighted by atomic mass is 32.2. The molecule has 0 saturated carbocycles. The van der Waals surface area contributed by atoms with Crippen LogP contribution in [0.25, 0.3) is 0 Å². The number of hydrogen-bond donors (Lipinski definition) is 1. The zero-order valence-electron chi connectivity index (χ0n) is 19.7. The van der Waals surface area contributed by atoms with Crippen molar-refractivity contribution in [3.05, 3.63) is 65.7 Å². The summed E-state index contributed by atoms with van der Waals surface area (Å²) in [6.45, 7) is 8.53.